The molecule has 0 aliphatic heterocycles. The number of hydrogen-bond donors (Lipinski definition) is 1. The van der Waals surface area contributed by atoms with Crippen molar-refractivity contribution in [2.24, 2.45) is 7.05 Å². The fraction of sp³-hybridized carbons (Fsp3) is 0.0588. The van der Waals surface area contributed by atoms with E-state index in [0.29, 0.717) is 22.0 Å². The van der Waals surface area contributed by atoms with Gasteiger partial charge in [-0.05, 0) is 24.3 Å². The number of benzene rings is 2. The van der Waals surface area contributed by atoms with E-state index in [1.165, 1.54) is 30.5 Å². The number of aromatic amines is 1. The Morgan fingerprint density at radius 3 is 2.87 bits per heavy atom. The molecule has 4 rings (SSSR count). The molecular formula is C17H11F2N3O. The highest BCUT2D eigenvalue weighted by Crippen LogP contribution is 2.24. The molecule has 114 valence electrons. The normalized spacial score (nSPS) is 11.4. The highest BCUT2D eigenvalue weighted by atomic mass is 19.1. The molecule has 4 aromatic rings. The monoisotopic (exact) mass is 311 g/mol. The van der Waals surface area contributed by atoms with E-state index in [1.807, 2.05) is 0 Å². The van der Waals surface area contributed by atoms with Crippen LogP contribution in [0, 0.1) is 11.6 Å². The van der Waals surface area contributed by atoms with Gasteiger partial charge >= 0.3 is 0 Å². The van der Waals surface area contributed by atoms with Gasteiger partial charge in [-0.2, -0.15) is 0 Å². The number of hydrogen-bond acceptors (Lipinski definition) is 2. The number of nitrogens with zero attached hydrogens (tertiary/aromatic N) is 2. The minimum Gasteiger partial charge on any atom is -0.358 e. The molecule has 0 unspecified atom stereocenters. The van der Waals surface area contributed by atoms with Crippen molar-refractivity contribution in [3.05, 3.63) is 65.6 Å². The molecule has 2 aromatic heterocycles. The number of nitrogens with one attached hydrogen (secondary N) is 1. The summed E-state index contributed by atoms with van der Waals surface area (Å²) in [6.07, 6.45) is 1.47. The predicted octanol–water partition coefficient (Wildman–Crippen LogP) is 3.56. The topological polar surface area (TPSA) is 50.7 Å². The number of carbonyl (C=O) groups excluding carboxylic acids is 1. The van der Waals surface area contributed by atoms with Gasteiger partial charge in [0, 0.05) is 18.6 Å². The summed E-state index contributed by atoms with van der Waals surface area (Å²) >= 11 is 0. The number of ketones is 1. The van der Waals surface area contributed by atoms with Gasteiger partial charge in [-0.3, -0.25) is 4.79 Å². The summed E-state index contributed by atoms with van der Waals surface area (Å²) in [5, 5.41) is 0.494. The maximum absolute atomic E-state index is 13.8. The molecule has 4 nitrogen and oxygen atoms in total. The zero-order valence-corrected chi connectivity index (χ0v) is 12.1. The molecule has 2 aromatic carbocycles. The van der Waals surface area contributed by atoms with E-state index in [1.54, 1.807) is 23.7 Å². The Labute approximate surface area is 129 Å². The van der Waals surface area contributed by atoms with E-state index in [9.17, 15) is 13.6 Å². The van der Waals surface area contributed by atoms with Gasteiger partial charge in [0.05, 0.1) is 22.1 Å². The average Bonchev–Trinajstić information content (AvgIpc) is 3.10. The largest absolute Gasteiger partial charge is 0.358 e. The Kier molecular flexibility index (Phi) is 2.81. The Bertz CT molecular complexity index is 1080. The number of aryl methyl sites for hydroxylation is 1. The second kappa shape index (κ2) is 4.74. The second-order valence-corrected chi connectivity index (χ2v) is 5.32. The number of aromatic nitrogens is 3. The SMILES string of the molecule is Cn1c(C(=O)c2c[nH]c3c(F)cccc23)nc2ccc(F)cc21. The zero-order chi connectivity index (χ0) is 16.1. The van der Waals surface area contributed by atoms with Gasteiger partial charge in [0.1, 0.15) is 11.6 Å². The standard InChI is InChI=1S/C17H11F2N3O/c1-22-14-7-9(18)5-6-13(14)21-17(22)16(23)11-8-20-15-10(11)3-2-4-12(15)19/h2-8,20H,1H3. The summed E-state index contributed by atoms with van der Waals surface area (Å²) in [5.74, 6) is -0.987. The first-order chi connectivity index (χ1) is 11.1. The van der Waals surface area contributed by atoms with Crippen molar-refractivity contribution in [1.82, 2.24) is 14.5 Å². The molecule has 2 heterocycles. The first-order valence-electron chi connectivity index (χ1n) is 6.98. The molecule has 23 heavy (non-hydrogen) atoms. The van der Waals surface area contributed by atoms with Crippen molar-refractivity contribution in [3.63, 3.8) is 0 Å². The Hall–Kier alpha value is -3.02. The summed E-state index contributed by atoms with van der Waals surface area (Å²) in [4.78, 5) is 19.8. The number of halogens is 2. The van der Waals surface area contributed by atoms with Crippen molar-refractivity contribution in [2.45, 2.75) is 0 Å². The zero-order valence-electron chi connectivity index (χ0n) is 12.1. The summed E-state index contributed by atoms with van der Waals surface area (Å²) in [7, 11) is 1.65. The summed E-state index contributed by atoms with van der Waals surface area (Å²) < 4.78 is 28.7. The predicted molar refractivity (Wildman–Crippen MR) is 82.4 cm³/mol. The van der Waals surface area contributed by atoms with Gasteiger partial charge in [-0.1, -0.05) is 12.1 Å². The third-order valence-corrected chi connectivity index (χ3v) is 3.96. The highest BCUT2D eigenvalue weighted by Gasteiger charge is 2.21. The molecule has 0 radical (unpaired) electrons. The van der Waals surface area contributed by atoms with Crippen LogP contribution in [0.15, 0.2) is 42.6 Å². The fourth-order valence-corrected chi connectivity index (χ4v) is 2.79. The molecule has 0 saturated heterocycles. The van der Waals surface area contributed by atoms with Crippen LogP contribution in [-0.2, 0) is 7.05 Å². The molecular weight excluding hydrogens is 300 g/mol. The summed E-state index contributed by atoms with van der Waals surface area (Å²) in [6, 6.07) is 8.69. The average molecular weight is 311 g/mol. The van der Waals surface area contributed by atoms with Crippen LogP contribution in [0.2, 0.25) is 0 Å². The molecule has 0 aliphatic carbocycles. The van der Waals surface area contributed by atoms with E-state index in [0.717, 1.165) is 0 Å². The van der Waals surface area contributed by atoms with Gasteiger partial charge in [-0.25, -0.2) is 13.8 Å². The minimum atomic E-state index is -0.423. The molecule has 0 saturated carbocycles. The molecule has 1 N–H and O–H groups in total. The minimum absolute atomic E-state index is 0.177. The number of para-hydroxylation sites is 1. The lowest BCUT2D eigenvalue weighted by atomic mass is 10.1. The van der Waals surface area contributed by atoms with Crippen LogP contribution < -0.4 is 0 Å². The van der Waals surface area contributed by atoms with Crippen molar-refractivity contribution in [2.75, 3.05) is 0 Å². The number of fused-ring (bicyclic) bond motifs is 2. The number of imidazole rings is 1. The molecule has 0 aliphatic rings. The first-order valence-corrected chi connectivity index (χ1v) is 6.98. The van der Waals surface area contributed by atoms with Crippen LogP contribution >= 0.6 is 0 Å². The van der Waals surface area contributed by atoms with Crippen molar-refractivity contribution >= 4 is 27.7 Å². The van der Waals surface area contributed by atoms with Crippen LogP contribution in [0.1, 0.15) is 16.2 Å². The highest BCUT2D eigenvalue weighted by molar-refractivity contribution is 6.15. The maximum Gasteiger partial charge on any atom is 0.230 e. The van der Waals surface area contributed by atoms with Gasteiger partial charge in [0.15, 0.2) is 5.82 Å². The third kappa shape index (κ3) is 1.95. The number of carbonyl (C=O) groups is 1. The van der Waals surface area contributed by atoms with Gasteiger partial charge in [0.25, 0.3) is 0 Å². The summed E-state index contributed by atoms with van der Waals surface area (Å²) in [5.41, 5.74) is 1.67. The van der Waals surface area contributed by atoms with Crippen LogP contribution in [0.25, 0.3) is 21.9 Å². The molecule has 0 amide bonds. The van der Waals surface area contributed by atoms with Crippen molar-refractivity contribution < 1.29 is 13.6 Å². The van der Waals surface area contributed by atoms with E-state index in [4.69, 9.17) is 0 Å². The molecule has 0 spiro atoms. The first kappa shape index (κ1) is 13.6. The number of rotatable bonds is 2. The molecule has 0 atom stereocenters. The van der Waals surface area contributed by atoms with E-state index >= 15 is 0 Å². The maximum atomic E-state index is 13.8. The molecule has 0 bridgehead atoms. The van der Waals surface area contributed by atoms with E-state index in [2.05, 4.69) is 9.97 Å². The quantitative estimate of drug-likeness (QED) is 0.575. The van der Waals surface area contributed by atoms with Gasteiger partial charge in [-0.15, -0.1) is 0 Å². The van der Waals surface area contributed by atoms with Gasteiger partial charge < -0.3 is 9.55 Å². The van der Waals surface area contributed by atoms with Gasteiger partial charge in [0.2, 0.25) is 5.78 Å². The summed E-state index contributed by atoms with van der Waals surface area (Å²) in [6.45, 7) is 0. The second-order valence-electron chi connectivity index (χ2n) is 5.32. The van der Waals surface area contributed by atoms with E-state index in [-0.39, 0.29) is 17.1 Å². The Morgan fingerprint density at radius 1 is 1.22 bits per heavy atom. The molecule has 0 fully saturated rings. The van der Waals surface area contributed by atoms with Crippen LogP contribution in [0.5, 0.6) is 0 Å². The van der Waals surface area contributed by atoms with Crippen LogP contribution in [-0.4, -0.2) is 20.3 Å². The van der Waals surface area contributed by atoms with Crippen molar-refractivity contribution in [1.29, 1.82) is 0 Å². The Morgan fingerprint density at radius 2 is 2.04 bits per heavy atom. The lowest BCUT2D eigenvalue weighted by molar-refractivity contribution is 0.102. The fourth-order valence-electron chi connectivity index (χ4n) is 2.79. The Balaban J connectivity index is 1.91. The van der Waals surface area contributed by atoms with E-state index < -0.39 is 11.6 Å². The molecule has 6 heteroatoms. The smallest absolute Gasteiger partial charge is 0.230 e. The van der Waals surface area contributed by atoms with Crippen LogP contribution in [0.4, 0.5) is 8.78 Å². The van der Waals surface area contributed by atoms with Crippen molar-refractivity contribution in [3.8, 4) is 0 Å². The lowest BCUT2D eigenvalue weighted by Gasteiger charge is -2.01. The third-order valence-electron chi connectivity index (χ3n) is 3.96. The van der Waals surface area contributed by atoms with Crippen LogP contribution in [0.3, 0.4) is 0 Å². The lowest BCUT2D eigenvalue weighted by Crippen LogP contribution is -2.08. The number of H-pyrrole nitrogens is 1.